The van der Waals surface area contributed by atoms with Gasteiger partial charge in [0, 0.05) is 25.8 Å². The zero-order valence-electron chi connectivity index (χ0n) is 18.1. The molecule has 1 aliphatic rings. The fourth-order valence-electron chi connectivity index (χ4n) is 4.55. The molecule has 0 saturated carbocycles. The molecule has 1 aliphatic heterocycles. The quantitative estimate of drug-likeness (QED) is 0.561. The van der Waals surface area contributed by atoms with Crippen molar-refractivity contribution < 1.29 is 9.59 Å². The van der Waals surface area contributed by atoms with Crippen LogP contribution in [0.15, 0.2) is 79.5 Å². The third kappa shape index (κ3) is 4.49. The highest BCUT2D eigenvalue weighted by Gasteiger charge is 2.44. The number of aromatic nitrogens is 2. The average molecular weight is 429 g/mol. The number of nitrogens with one attached hydrogen (secondary N) is 2. The van der Waals surface area contributed by atoms with Crippen LogP contribution in [0.3, 0.4) is 0 Å². The van der Waals surface area contributed by atoms with Crippen LogP contribution in [0.4, 0.5) is 0 Å². The third-order valence-electron chi connectivity index (χ3n) is 6.11. The van der Waals surface area contributed by atoms with Crippen molar-refractivity contribution in [1.82, 2.24) is 20.4 Å². The Balaban J connectivity index is 1.68. The molecular formula is C26H28N4O2. The van der Waals surface area contributed by atoms with Gasteiger partial charge in [-0.3, -0.25) is 14.7 Å². The molecule has 0 radical (unpaired) electrons. The van der Waals surface area contributed by atoms with Crippen LogP contribution >= 0.6 is 0 Å². The van der Waals surface area contributed by atoms with Crippen LogP contribution in [0.1, 0.15) is 28.9 Å². The lowest BCUT2D eigenvalue weighted by Crippen LogP contribution is -2.54. The van der Waals surface area contributed by atoms with E-state index in [0.29, 0.717) is 38.2 Å². The number of hydrogen-bond donors (Lipinski definition) is 2. The van der Waals surface area contributed by atoms with Gasteiger partial charge in [-0.1, -0.05) is 60.7 Å². The molecule has 0 bridgehead atoms. The van der Waals surface area contributed by atoms with Crippen molar-refractivity contribution in [2.24, 2.45) is 5.41 Å². The van der Waals surface area contributed by atoms with Crippen LogP contribution in [-0.2, 0) is 11.2 Å². The van der Waals surface area contributed by atoms with Gasteiger partial charge in [-0.15, -0.1) is 6.58 Å². The number of amides is 2. The molecule has 32 heavy (non-hydrogen) atoms. The van der Waals surface area contributed by atoms with Crippen LogP contribution < -0.4 is 5.32 Å². The van der Waals surface area contributed by atoms with Crippen molar-refractivity contribution in [3.8, 4) is 11.1 Å². The molecule has 2 heterocycles. The van der Waals surface area contributed by atoms with Crippen LogP contribution in [0.2, 0.25) is 0 Å². The first-order chi connectivity index (χ1) is 15.6. The fraction of sp³-hybridized carbons (Fsp3) is 0.269. The molecule has 2 N–H and O–H groups in total. The molecular weight excluding hydrogens is 400 g/mol. The minimum absolute atomic E-state index is 0.0395. The summed E-state index contributed by atoms with van der Waals surface area (Å²) in [5.41, 5.74) is 3.05. The Morgan fingerprint density at radius 1 is 1.12 bits per heavy atom. The number of carbonyl (C=O) groups excluding carboxylic acids is 2. The molecule has 6 heteroatoms. The second-order valence-electron chi connectivity index (χ2n) is 8.28. The number of benzene rings is 2. The number of aromatic amines is 1. The van der Waals surface area contributed by atoms with Crippen LogP contribution in [-0.4, -0.2) is 46.5 Å². The van der Waals surface area contributed by atoms with Gasteiger partial charge in [0.2, 0.25) is 5.91 Å². The molecule has 2 amide bonds. The maximum atomic E-state index is 13.5. The third-order valence-corrected chi connectivity index (χ3v) is 6.11. The predicted molar refractivity (Wildman–Crippen MR) is 125 cm³/mol. The Bertz CT molecular complexity index is 1080. The molecule has 1 saturated heterocycles. The minimum atomic E-state index is -0.720. The first-order valence-electron chi connectivity index (χ1n) is 10.9. The smallest absolute Gasteiger partial charge is 0.271 e. The summed E-state index contributed by atoms with van der Waals surface area (Å²) in [7, 11) is 0. The normalized spacial score (nSPS) is 18.2. The summed E-state index contributed by atoms with van der Waals surface area (Å²) < 4.78 is 0. The fourth-order valence-corrected chi connectivity index (χ4v) is 4.55. The lowest BCUT2D eigenvalue weighted by atomic mass is 9.73. The molecule has 6 nitrogen and oxygen atoms in total. The molecule has 0 aliphatic carbocycles. The first-order valence-corrected chi connectivity index (χ1v) is 10.9. The lowest BCUT2D eigenvalue weighted by molar-refractivity contribution is -0.133. The predicted octanol–water partition coefficient (Wildman–Crippen LogP) is 3.84. The summed E-state index contributed by atoms with van der Waals surface area (Å²) in [4.78, 5) is 28.3. The maximum Gasteiger partial charge on any atom is 0.271 e. The summed E-state index contributed by atoms with van der Waals surface area (Å²) in [5, 5.41) is 9.65. The van der Waals surface area contributed by atoms with Gasteiger partial charge < -0.3 is 10.2 Å². The number of carbonyl (C=O) groups is 2. The molecule has 1 fully saturated rings. The van der Waals surface area contributed by atoms with E-state index in [9.17, 15) is 9.59 Å². The molecule has 4 rings (SSSR count). The number of likely N-dealkylation sites (tertiary alicyclic amines) is 1. The SMILES string of the molecule is C=CCNC(=O)[C@@]1(Cc2ccccc2-c2ccccc2)CCCN(C(=O)c2ccn[nH]2)C1. The van der Waals surface area contributed by atoms with E-state index in [1.165, 1.54) is 0 Å². The number of nitrogens with zero attached hydrogens (tertiary/aromatic N) is 2. The first kappa shape index (κ1) is 21.6. The Kier molecular flexibility index (Phi) is 6.50. The highest BCUT2D eigenvalue weighted by Crippen LogP contribution is 2.37. The molecule has 0 spiro atoms. The van der Waals surface area contributed by atoms with E-state index < -0.39 is 5.41 Å². The van der Waals surface area contributed by atoms with E-state index in [0.717, 1.165) is 23.1 Å². The molecule has 0 unspecified atom stereocenters. The van der Waals surface area contributed by atoms with Gasteiger partial charge in [0.15, 0.2) is 0 Å². The summed E-state index contributed by atoms with van der Waals surface area (Å²) >= 11 is 0. The van der Waals surface area contributed by atoms with Gasteiger partial charge in [-0.05, 0) is 42.0 Å². The highest BCUT2D eigenvalue weighted by atomic mass is 16.2. The van der Waals surface area contributed by atoms with Gasteiger partial charge in [-0.2, -0.15) is 5.10 Å². The van der Waals surface area contributed by atoms with E-state index >= 15 is 0 Å². The number of piperidine rings is 1. The van der Waals surface area contributed by atoms with Crippen LogP contribution in [0, 0.1) is 5.41 Å². The maximum absolute atomic E-state index is 13.5. The highest BCUT2D eigenvalue weighted by molar-refractivity contribution is 5.93. The van der Waals surface area contributed by atoms with Crippen molar-refractivity contribution in [2.45, 2.75) is 19.3 Å². The number of hydrogen-bond acceptors (Lipinski definition) is 3. The molecule has 1 aromatic heterocycles. The van der Waals surface area contributed by atoms with E-state index in [2.05, 4.69) is 46.4 Å². The van der Waals surface area contributed by atoms with E-state index in [1.54, 1.807) is 23.2 Å². The Morgan fingerprint density at radius 3 is 2.66 bits per heavy atom. The van der Waals surface area contributed by atoms with Gasteiger partial charge >= 0.3 is 0 Å². The number of rotatable bonds is 7. The van der Waals surface area contributed by atoms with Crippen molar-refractivity contribution in [3.05, 3.63) is 90.8 Å². The Hall–Kier alpha value is -3.67. The van der Waals surface area contributed by atoms with Crippen LogP contribution in [0.5, 0.6) is 0 Å². The summed E-state index contributed by atoms with van der Waals surface area (Å²) in [5.74, 6) is -0.165. The standard InChI is InChI=1S/C26H28N4O2/c1-2-15-27-25(32)26(14-8-17-30(19-26)24(31)23-13-16-28-29-23)18-21-11-6-7-12-22(21)20-9-4-3-5-10-20/h2-7,9-13,16H,1,8,14-15,17-19H2,(H,27,32)(H,28,29)/t26-/m1/s1. The molecule has 164 valence electrons. The van der Waals surface area contributed by atoms with Crippen molar-refractivity contribution in [3.63, 3.8) is 0 Å². The van der Waals surface area contributed by atoms with E-state index in [4.69, 9.17) is 0 Å². The van der Waals surface area contributed by atoms with Gasteiger partial charge in [0.25, 0.3) is 5.91 Å². The second kappa shape index (κ2) is 9.64. The zero-order chi connectivity index (χ0) is 22.4. The molecule has 2 aromatic carbocycles. The van der Waals surface area contributed by atoms with Crippen molar-refractivity contribution in [2.75, 3.05) is 19.6 Å². The molecule has 3 aromatic rings. The second-order valence-corrected chi connectivity index (χ2v) is 8.28. The summed E-state index contributed by atoms with van der Waals surface area (Å²) in [6, 6.07) is 20.1. The van der Waals surface area contributed by atoms with Crippen molar-refractivity contribution >= 4 is 11.8 Å². The monoisotopic (exact) mass is 428 g/mol. The average Bonchev–Trinajstić information content (AvgIpc) is 3.38. The van der Waals surface area contributed by atoms with Crippen molar-refractivity contribution in [1.29, 1.82) is 0 Å². The number of H-pyrrole nitrogens is 1. The van der Waals surface area contributed by atoms with Gasteiger partial charge in [-0.25, -0.2) is 0 Å². The minimum Gasteiger partial charge on any atom is -0.352 e. The zero-order valence-corrected chi connectivity index (χ0v) is 18.1. The summed E-state index contributed by atoms with van der Waals surface area (Å²) in [6.07, 6.45) is 5.27. The largest absolute Gasteiger partial charge is 0.352 e. The van der Waals surface area contributed by atoms with Gasteiger partial charge in [0.05, 0.1) is 5.41 Å². The summed E-state index contributed by atoms with van der Waals surface area (Å²) in [6.45, 7) is 5.10. The Morgan fingerprint density at radius 2 is 1.91 bits per heavy atom. The van der Waals surface area contributed by atoms with Gasteiger partial charge in [0.1, 0.15) is 5.69 Å². The topological polar surface area (TPSA) is 78.1 Å². The molecule has 1 atom stereocenters. The van der Waals surface area contributed by atoms with E-state index in [1.807, 2.05) is 30.3 Å². The Labute approximate surface area is 188 Å². The van der Waals surface area contributed by atoms with E-state index in [-0.39, 0.29) is 11.8 Å². The van der Waals surface area contributed by atoms with Crippen LogP contribution in [0.25, 0.3) is 11.1 Å². The lowest BCUT2D eigenvalue weighted by Gasteiger charge is -2.42.